The molecule has 0 N–H and O–H groups in total. The highest BCUT2D eigenvalue weighted by molar-refractivity contribution is 5.69. The molecule has 15 heavy (non-hydrogen) atoms. The lowest BCUT2D eigenvalue weighted by Gasteiger charge is -2.27. The zero-order chi connectivity index (χ0) is 10.1. The molecule has 0 unspecified atom stereocenters. The Morgan fingerprint density at radius 3 is 2.60 bits per heavy atom. The second-order valence-electron chi connectivity index (χ2n) is 4.91. The monoisotopic (exact) mass is 198 g/mol. The van der Waals surface area contributed by atoms with E-state index in [-0.39, 0.29) is 0 Å². The SMILES string of the molecule is C1=C(c2ccccc2)[C@H]2CCCC[C@@H]2C1. The number of allylic oxidation sites excluding steroid dienone is 2. The number of rotatable bonds is 1. The van der Waals surface area contributed by atoms with E-state index in [4.69, 9.17) is 0 Å². The summed E-state index contributed by atoms with van der Waals surface area (Å²) >= 11 is 0. The van der Waals surface area contributed by atoms with Crippen LogP contribution in [0.1, 0.15) is 37.7 Å². The summed E-state index contributed by atoms with van der Waals surface area (Å²) in [5, 5.41) is 0. The number of benzene rings is 1. The first kappa shape index (κ1) is 9.21. The van der Waals surface area contributed by atoms with Gasteiger partial charge in [-0.15, -0.1) is 0 Å². The van der Waals surface area contributed by atoms with Crippen molar-refractivity contribution in [1.82, 2.24) is 0 Å². The molecule has 0 saturated heterocycles. The Bertz CT molecular complexity index is 361. The Morgan fingerprint density at radius 1 is 0.933 bits per heavy atom. The largest absolute Gasteiger partial charge is 0.0801 e. The molecule has 0 bridgehead atoms. The standard InChI is InChI=1S/C15H18/c1-2-6-12(7-3-1)15-11-10-13-8-4-5-9-14(13)15/h1-3,6-7,11,13-14H,4-5,8-10H2/t13-,14+/m1/s1. The highest BCUT2D eigenvalue weighted by Gasteiger charge is 2.31. The van der Waals surface area contributed by atoms with Crippen molar-refractivity contribution in [3.63, 3.8) is 0 Å². The van der Waals surface area contributed by atoms with Crippen molar-refractivity contribution >= 4 is 5.57 Å². The normalized spacial score (nSPS) is 29.7. The van der Waals surface area contributed by atoms with Gasteiger partial charge in [-0.25, -0.2) is 0 Å². The number of hydrogen-bond acceptors (Lipinski definition) is 0. The topological polar surface area (TPSA) is 0 Å². The maximum atomic E-state index is 2.50. The van der Waals surface area contributed by atoms with Crippen molar-refractivity contribution in [2.45, 2.75) is 32.1 Å². The van der Waals surface area contributed by atoms with E-state index in [1.807, 2.05) is 0 Å². The molecule has 1 aromatic rings. The Morgan fingerprint density at radius 2 is 1.73 bits per heavy atom. The average molecular weight is 198 g/mol. The molecule has 0 aromatic heterocycles. The van der Waals surface area contributed by atoms with Crippen LogP contribution in [0, 0.1) is 11.8 Å². The molecule has 0 aliphatic heterocycles. The molecular weight excluding hydrogens is 180 g/mol. The predicted molar refractivity (Wildman–Crippen MR) is 64.5 cm³/mol. The van der Waals surface area contributed by atoms with Gasteiger partial charge in [0.2, 0.25) is 0 Å². The Hall–Kier alpha value is -1.04. The molecule has 78 valence electrons. The summed E-state index contributed by atoms with van der Waals surface area (Å²) in [6, 6.07) is 11.0. The Kier molecular flexibility index (Phi) is 2.36. The van der Waals surface area contributed by atoms with Crippen LogP contribution in [0.25, 0.3) is 5.57 Å². The second kappa shape index (κ2) is 3.84. The van der Waals surface area contributed by atoms with Gasteiger partial charge in [0, 0.05) is 0 Å². The van der Waals surface area contributed by atoms with Crippen molar-refractivity contribution in [1.29, 1.82) is 0 Å². The van der Waals surface area contributed by atoms with E-state index >= 15 is 0 Å². The Balaban J connectivity index is 1.88. The molecule has 1 aromatic carbocycles. The summed E-state index contributed by atoms with van der Waals surface area (Å²) < 4.78 is 0. The maximum absolute atomic E-state index is 2.50. The van der Waals surface area contributed by atoms with Gasteiger partial charge >= 0.3 is 0 Å². The second-order valence-corrected chi connectivity index (χ2v) is 4.91. The van der Waals surface area contributed by atoms with E-state index in [0.29, 0.717) is 0 Å². The van der Waals surface area contributed by atoms with Crippen LogP contribution in [0.2, 0.25) is 0 Å². The summed E-state index contributed by atoms with van der Waals surface area (Å²) in [4.78, 5) is 0. The van der Waals surface area contributed by atoms with Crippen molar-refractivity contribution < 1.29 is 0 Å². The highest BCUT2D eigenvalue weighted by Crippen LogP contribution is 2.46. The van der Waals surface area contributed by atoms with Gasteiger partial charge in [-0.2, -0.15) is 0 Å². The lowest BCUT2D eigenvalue weighted by atomic mass is 9.77. The third-order valence-electron chi connectivity index (χ3n) is 4.06. The van der Waals surface area contributed by atoms with Crippen LogP contribution in [0.5, 0.6) is 0 Å². The molecular formula is C15H18. The lowest BCUT2D eigenvalue weighted by Crippen LogP contribution is -2.15. The minimum Gasteiger partial charge on any atom is -0.0801 e. The molecule has 1 fully saturated rings. The number of hydrogen-bond donors (Lipinski definition) is 0. The van der Waals surface area contributed by atoms with Gasteiger partial charge in [0.05, 0.1) is 0 Å². The average Bonchev–Trinajstić information content (AvgIpc) is 2.74. The first-order chi connectivity index (χ1) is 7.45. The zero-order valence-electron chi connectivity index (χ0n) is 9.15. The van der Waals surface area contributed by atoms with Gasteiger partial charge in [-0.1, -0.05) is 49.2 Å². The van der Waals surface area contributed by atoms with Crippen LogP contribution >= 0.6 is 0 Å². The molecule has 0 heteroatoms. The summed E-state index contributed by atoms with van der Waals surface area (Å²) in [6.07, 6.45) is 9.59. The quantitative estimate of drug-likeness (QED) is 0.632. The van der Waals surface area contributed by atoms with E-state index in [9.17, 15) is 0 Å². The fraction of sp³-hybridized carbons (Fsp3) is 0.467. The van der Waals surface area contributed by atoms with Gasteiger partial charge in [0.15, 0.2) is 0 Å². The van der Waals surface area contributed by atoms with Crippen molar-refractivity contribution in [2.24, 2.45) is 11.8 Å². The first-order valence-electron chi connectivity index (χ1n) is 6.20. The molecule has 0 radical (unpaired) electrons. The molecule has 3 rings (SSSR count). The first-order valence-corrected chi connectivity index (χ1v) is 6.20. The smallest absolute Gasteiger partial charge is 0.0128 e. The van der Waals surface area contributed by atoms with Crippen LogP contribution in [0.3, 0.4) is 0 Å². The molecule has 0 heterocycles. The van der Waals surface area contributed by atoms with E-state index in [1.54, 1.807) is 5.57 Å². The Labute approximate surface area is 92.0 Å². The molecule has 0 nitrogen and oxygen atoms in total. The fourth-order valence-corrected chi connectivity index (χ4v) is 3.29. The van der Waals surface area contributed by atoms with Gasteiger partial charge in [-0.3, -0.25) is 0 Å². The summed E-state index contributed by atoms with van der Waals surface area (Å²) in [7, 11) is 0. The van der Waals surface area contributed by atoms with Crippen LogP contribution in [-0.2, 0) is 0 Å². The summed E-state index contributed by atoms with van der Waals surface area (Å²) in [5.74, 6) is 1.84. The van der Waals surface area contributed by atoms with Gasteiger partial charge in [0.25, 0.3) is 0 Å². The third-order valence-corrected chi connectivity index (χ3v) is 4.06. The highest BCUT2D eigenvalue weighted by atomic mass is 14.4. The van der Waals surface area contributed by atoms with Gasteiger partial charge < -0.3 is 0 Å². The molecule has 0 amide bonds. The van der Waals surface area contributed by atoms with Crippen molar-refractivity contribution in [2.75, 3.05) is 0 Å². The molecule has 1 saturated carbocycles. The molecule has 0 spiro atoms. The van der Waals surface area contributed by atoms with Crippen LogP contribution in [0.4, 0.5) is 0 Å². The van der Waals surface area contributed by atoms with Crippen LogP contribution in [0.15, 0.2) is 36.4 Å². The summed E-state index contributed by atoms with van der Waals surface area (Å²) in [6.45, 7) is 0. The van der Waals surface area contributed by atoms with Crippen LogP contribution < -0.4 is 0 Å². The van der Waals surface area contributed by atoms with Crippen molar-refractivity contribution in [3.05, 3.63) is 42.0 Å². The van der Waals surface area contributed by atoms with Gasteiger partial charge in [-0.05, 0) is 42.2 Å². The minimum atomic E-state index is 0.876. The molecule has 2 atom stereocenters. The minimum absolute atomic E-state index is 0.876. The van der Waals surface area contributed by atoms with Crippen molar-refractivity contribution in [3.8, 4) is 0 Å². The lowest BCUT2D eigenvalue weighted by molar-refractivity contribution is 0.311. The number of fused-ring (bicyclic) bond motifs is 1. The third kappa shape index (κ3) is 1.62. The zero-order valence-corrected chi connectivity index (χ0v) is 9.15. The van der Waals surface area contributed by atoms with E-state index in [0.717, 1.165) is 11.8 Å². The molecule has 2 aliphatic rings. The van der Waals surface area contributed by atoms with E-state index in [1.165, 1.54) is 37.7 Å². The maximum Gasteiger partial charge on any atom is -0.0128 e. The predicted octanol–water partition coefficient (Wildman–Crippen LogP) is 4.28. The van der Waals surface area contributed by atoms with Crippen LogP contribution in [-0.4, -0.2) is 0 Å². The van der Waals surface area contributed by atoms with E-state index in [2.05, 4.69) is 36.4 Å². The summed E-state index contributed by atoms with van der Waals surface area (Å²) in [5.41, 5.74) is 3.10. The fourth-order valence-electron chi connectivity index (χ4n) is 3.29. The van der Waals surface area contributed by atoms with Gasteiger partial charge in [0.1, 0.15) is 0 Å². The molecule has 2 aliphatic carbocycles. The van der Waals surface area contributed by atoms with E-state index < -0.39 is 0 Å².